The van der Waals surface area contributed by atoms with Gasteiger partial charge in [-0.25, -0.2) is 9.78 Å². The number of H-pyrrole nitrogens is 1. The fraction of sp³-hybridized carbons (Fsp3) is 0.500. The van der Waals surface area contributed by atoms with Crippen molar-refractivity contribution in [2.24, 2.45) is 0 Å². The molecule has 1 amide bonds. The van der Waals surface area contributed by atoms with Gasteiger partial charge >= 0.3 is 6.09 Å². The number of nitrogens with zero attached hydrogens (tertiary/aromatic N) is 2. The molecule has 0 saturated carbocycles. The van der Waals surface area contributed by atoms with Crippen LogP contribution in [0.15, 0.2) is 36.7 Å². The maximum atomic E-state index is 13.1. The van der Waals surface area contributed by atoms with Crippen molar-refractivity contribution in [3.8, 4) is 11.1 Å². The molecule has 0 spiro atoms. The molecule has 4 heterocycles. The zero-order chi connectivity index (χ0) is 23.9. The molecule has 3 aromatic rings. The Bertz CT molecular complexity index is 1190. The number of nitrogens with one attached hydrogen (secondary N) is 1. The topological polar surface area (TPSA) is 67.5 Å². The second-order valence-corrected chi connectivity index (χ2v) is 10.7. The minimum atomic E-state index is -0.509. The molecule has 2 saturated heterocycles. The van der Waals surface area contributed by atoms with Crippen molar-refractivity contribution in [1.82, 2.24) is 14.9 Å². The van der Waals surface area contributed by atoms with E-state index in [0.29, 0.717) is 5.92 Å². The minimum absolute atomic E-state index is 0.0262. The maximum absolute atomic E-state index is 13.1. The highest BCUT2D eigenvalue weighted by molar-refractivity contribution is 5.84. The van der Waals surface area contributed by atoms with E-state index in [1.54, 1.807) is 0 Å². The SMILES string of the molecule is Cc1c[nH]c2ncc(-c3ccc(C4CCOCC4)c([C@@H]4CCCN4C(=O)OC(C)(C)C)c3)cc12. The van der Waals surface area contributed by atoms with Crippen molar-refractivity contribution in [3.63, 3.8) is 0 Å². The van der Waals surface area contributed by atoms with Crippen LogP contribution in [-0.4, -0.2) is 46.3 Å². The van der Waals surface area contributed by atoms with Crippen molar-refractivity contribution in [3.05, 3.63) is 53.3 Å². The van der Waals surface area contributed by atoms with Crippen molar-refractivity contribution >= 4 is 17.1 Å². The number of benzene rings is 1. The van der Waals surface area contributed by atoms with E-state index in [-0.39, 0.29) is 12.1 Å². The van der Waals surface area contributed by atoms with Gasteiger partial charge in [-0.05, 0) is 93.7 Å². The van der Waals surface area contributed by atoms with Crippen LogP contribution in [0.4, 0.5) is 4.79 Å². The number of likely N-dealkylation sites (tertiary alicyclic amines) is 1. The second kappa shape index (κ2) is 9.06. The van der Waals surface area contributed by atoms with Gasteiger partial charge < -0.3 is 19.4 Å². The number of fused-ring (bicyclic) bond motifs is 1. The number of carbonyl (C=O) groups excluding carboxylic acids is 1. The third kappa shape index (κ3) is 4.56. The van der Waals surface area contributed by atoms with E-state index in [1.165, 1.54) is 16.7 Å². The number of aryl methyl sites for hydroxylation is 1. The van der Waals surface area contributed by atoms with Crippen LogP contribution >= 0.6 is 0 Å². The molecule has 2 fully saturated rings. The predicted octanol–water partition coefficient (Wildman–Crippen LogP) is 6.50. The molecule has 2 aliphatic heterocycles. The monoisotopic (exact) mass is 461 g/mol. The summed E-state index contributed by atoms with van der Waals surface area (Å²) in [7, 11) is 0. The Morgan fingerprint density at radius 1 is 1.12 bits per heavy atom. The van der Waals surface area contributed by atoms with E-state index in [1.807, 2.05) is 38.1 Å². The first-order valence-corrected chi connectivity index (χ1v) is 12.5. The summed E-state index contributed by atoms with van der Waals surface area (Å²) in [4.78, 5) is 22.9. The molecule has 34 heavy (non-hydrogen) atoms. The number of amides is 1. The lowest BCUT2D eigenvalue weighted by Crippen LogP contribution is -2.36. The molecule has 2 aromatic heterocycles. The van der Waals surface area contributed by atoms with Gasteiger partial charge in [-0.1, -0.05) is 12.1 Å². The van der Waals surface area contributed by atoms with Crippen molar-refractivity contribution < 1.29 is 14.3 Å². The molecule has 1 aromatic carbocycles. The molecule has 6 nitrogen and oxygen atoms in total. The van der Waals surface area contributed by atoms with Gasteiger partial charge in [-0.3, -0.25) is 0 Å². The number of hydrogen-bond acceptors (Lipinski definition) is 4. The van der Waals surface area contributed by atoms with Crippen LogP contribution in [0.1, 0.15) is 75.1 Å². The summed E-state index contributed by atoms with van der Waals surface area (Å²) in [5, 5.41) is 1.14. The van der Waals surface area contributed by atoms with Gasteiger partial charge in [0.15, 0.2) is 0 Å². The van der Waals surface area contributed by atoms with Crippen molar-refractivity contribution in [2.45, 2.75) is 70.9 Å². The van der Waals surface area contributed by atoms with Crippen LogP contribution in [0.3, 0.4) is 0 Å². The molecule has 5 rings (SSSR count). The Morgan fingerprint density at radius 3 is 2.68 bits per heavy atom. The van der Waals surface area contributed by atoms with E-state index in [4.69, 9.17) is 9.47 Å². The lowest BCUT2D eigenvalue weighted by molar-refractivity contribution is 0.0222. The standard InChI is InChI=1S/C28H35N3O3/c1-18-16-29-26-23(18)15-21(17-30-26)20-7-8-22(19-9-12-33-13-10-19)24(14-20)25-6-5-11-31(25)27(32)34-28(2,3)4/h7-8,14-17,19,25H,5-6,9-13H2,1-4H3,(H,29,30)/t25-/m0/s1. The molecular formula is C28H35N3O3. The number of aromatic amines is 1. The lowest BCUT2D eigenvalue weighted by atomic mass is 9.84. The molecule has 1 N–H and O–H groups in total. The Hall–Kier alpha value is -2.86. The Morgan fingerprint density at radius 2 is 1.91 bits per heavy atom. The van der Waals surface area contributed by atoms with Crippen LogP contribution in [-0.2, 0) is 9.47 Å². The smallest absolute Gasteiger partial charge is 0.410 e. The number of carbonyl (C=O) groups is 1. The number of aromatic nitrogens is 2. The summed E-state index contributed by atoms with van der Waals surface area (Å²) in [6.45, 7) is 10.2. The molecule has 0 radical (unpaired) electrons. The Kier molecular flexibility index (Phi) is 6.11. The molecule has 0 unspecified atom stereocenters. The van der Waals surface area contributed by atoms with Gasteiger partial charge in [0, 0.05) is 43.1 Å². The summed E-state index contributed by atoms with van der Waals surface area (Å²) >= 11 is 0. The quantitative estimate of drug-likeness (QED) is 0.483. The third-order valence-electron chi connectivity index (χ3n) is 7.06. The van der Waals surface area contributed by atoms with Crippen LogP contribution in [0, 0.1) is 6.92 Å². The largest absolute Gasteiger partial charge is 0.444 e. The first-order chi connectivity index (χ1) is 16.3. The third-order valence-corrected chi connectivity index (χ3v) is 7.06. The number of rotatable bonds is 3. The van der Waals surface area contributed by atoms with Gasteiger partial charge in [0.25, 0.3) is 0 Å². The lowest BCUT2D eigenvalue weighted by Gasteiger charge is -2.32. The molecule has 2 aliphatic rings. The summed E-state index contributed by atoms with van der Waals surface area (Å²) < 4.78 is 11.4. The van der Waals surface area contributed by atoms with Crippen LogP contribution in [0.2, 0.25) is 0 Å². The predicted molar refractivity (Wildman–Crippen MR) is 134 cm³/mol. The van der Waals surface area contributed by atoms with Gasteiger partial charge in [0.05, 0.1) is 6.04 Å². The first kappa shape index (κ1) is 22.9. The summed E-state index contributed by atoms with van der Waals surface area (Å²) in [5.74, 6) is 0.450. The van der Waals surface area contributed by atoms with E-state index in [9.17, 15) is 4.79 Å². The van der Waals surface area contributed by atoms with Crippen LogP contribution in [0.5, 0.6) is 0 Å². The van der Waals surface area contributed by atoms with Crippen molar-refractivity contribution in [2.75, 3.05) is 19.8 Å². The first-order valence-electron chi connectivity index (χ1n) is 12.5. The van der Waals surface area contributed by atoms with Gasteiger partial charge in [-0.15, -0.1) is 0 Å². The number of pyridine rings is 1. The normalized spacial score (nSPS) is 19.6. The zero-order valence-electron chi connectivity index (χ0n) is 20.7. The van der Waals surface area contributed by atoms with Gasteiger partial charge in [0.1, 0.15) is 11.2 Å². The fourth-order valence-corrected chi connectivity index (χ4v) is 5.35. The number of ether oxygens (including phenoxy) is 2. The van der Waals surface area contributed by atoms with E-state index < -0.39 is 5.60 Å². The van der Waals surface area contributed by atoms with Gasteiger partial charge in [-0.2, -0.15) is 0 Å². The maximum Gasteiger partial charge on any atom is 0.410 e. The number of hydrogen-bond donors (Lipinski definition) is 1. The second-order valence-electron chi connectivity index (χ2n) is 10.7. The highest BCUT2D eigenvalue weighted by Gasteiger charge is 2.35. The summed E-state index contributed by atoms with van der Waals surface area (Å²) in [6, 6.07) is 9.02. The van der Waals surface area contributed by atoms with Gasteiger partial charge in [0.2, 0.25) is 0 Å². The van der Waals surface area contributed by atoms with Crippen LogP contribution < -0.4 is 0 Å². The molecule has 6 heteroatoms. The Balaban J connectivity index is 1.56. The average Bonchev–Trinajstić information content (AvgIpc) is 3.45. The van der Waals surface area contributed by atoms with E-state index >= 15 is 0 Å². The van der Waals surface area contributed by atoms with E-state index in [0.717, 1.165) is 67.6 Å². The Labute approximate surface area is 201 Å². The molecular weight excluding hydrogens is 426 g/mol. The summed E-state index contributed by atoms with van der Waals surface area (Å²) in [5.41, 5.74) is 6.42. The summed E-state index contributed by atoms with van der Waals surface area (Å²) in [6.07, 6.45) is 7.68. The zero-order valence-corrected chi connectivity index (χ0v) is 20.7. The van der Waals surface area contributed by atoms with Crippen LogP contribution in [0.25, 0.3) is 22.2 Å². The highest BCUT2D eigenvalue weighted by Crippen LogP contribution is 2.41. The van der Waals surface area contributed by atoms with Crippen molar-refractivity contribution in [1.29, 1.82) is 0 Å². The van der Waals surface area contributed by atoms with E-state index in [2.05, 4.69) is 41.2 Å². The average molecular weight is 462 g/mol. The fourth-order valence-electron chi connectivity index (χ4n) is 5.35. The molecule has 0 bridgehead atoms. The minimum Gasteiger partial charge on any atom is -0.444 e. The molecule has 180 valence electrons. The highest BCUT2D eigenvalue weighted by atomic mass is 16.6. The molecule has 0 aliphatic carbocycles. The molecule has 1 atom stereocenters.